The normalized spacial score (nSPS) is 18.0. The minimum Gasteiger partial charge on any atom is -0.366 e. The van der Waals surface area contributed by atoms with Crippen LogP contribution >= 0.6 is 11.3 Å². The topological polar surface area (TPSA) is 43.9 Å². The van der Waals surface area contributed by atoms with E-state index >= 15 is 0 Å². The van der Waals surface area contributed by atoms with Crippen LogP contribution in [0.15, 0.2) is 41.8 Å². The smallest absolute Gasteiger partial charge is 0.263 e. The van der Waals surface area contributed by atoms with Crippen molar-refractivity contribution >= 4 is 28.8 Å². The standard InChI is InChI=1S/C19H20FN3O2S/c20-15-4-1-2-5-16(15)21-7-9-22(10-8-21)18(24)14-12-23(13-14)19(25)17-6-3-11-26-17/h1-6,11,14H,7-10,12-13H2. The molecule has 2 aromatic rings. The van der Waals surface area contributed by atoms with E-state index < -0.39 is 0 Å². The van der Waals surface area contributed by atoms with E-state index in [0.717, 1.165) is 4.88 Å². The molecular formula is C19H20FN3O2S. The molecule has 2 fully saturated rings. The number of carbonyl (C=O) groups excluding carboxylic acids is 2. The van der Waals surface area contributed by atoms with E-state index in [0.29, 0.717) is 45.0 Å². The molecule has 0 saturated carbocycles. The largest absolute Gasteiger partial charge is 0.366 e. The Morgan fingerprint density at radius 1 is 0.962 bits per heavy atom. The molecule has 2 aliphatic heterocycles. The van der Waals surface area contributed by atoms with Gasteiger partial charge >= 0.3 is 0 Å². The van der Waals surface area contributed by atoms with Crippen molar-refractivity contribution in [3.05, 3.63) is 52.5 Å². The van der Waals surface area contributed by atoms with Crippen LogP contribution in [0.1, 0.15) is 9.67 Å². The molecule has 0 bridgehead atoms. The Morgan fingerprint density at radius 3 is 2.35 bits per heavy atom. The lowest BCUT2D eigenvalue weighted by Gasteiger charge is -2.43. The highest BCUT2D eigenvalue weighted by Crippen LogP contribution is 2.24. The first-order valence-electron chi connectivity index (χ1n) is 8.74. The van der Waals surface area contributed by atoms with E-state index in [1.807, 2.05) is 33.4 Å². The lowest BCUT2D eigenvalue weighted by molar-refractivity contribution is -0.140. The zero-order valence-electron chi connectivity index (χ0n) is 14.3. The molecule has 136 valence electrons. The van der Waals surface area contributed by atoms with Crippen LogP contribution in [0.5, 0.6) is 0 Å². The first-order valence-corrected chi connectivity index (χ1v) is 9.62. The number of halogens is 1. The van der Waals surface area contributed by atoms with E-state index in [9.17, 15) is 14.0 Å². The zero-order chi connectivity index (χ0) is 18.1. The van der Waals surface area contributed by atoms with Crippen LogP contribution < -0.4 is 4.90 Å². The van der Waals surface area contributed by atoms with Gasteiger partial charge in [-0.05, 0) is 23.6 Å². The molecular weight excluding hydrogens is 353 g/mol. The highest BCUT2D eigenvalue weighted by molar-refractivity contribution is 7.12. The third kappa shape index (κ3) is 3.19. The van der Waals surface area contributed by atoms with Crippen molar-refractivity contribution in [2.45, 2.75) is 0 Å². The van der Waals surface area contributed by atoms with Crippen molar-refractivity contribution in [3.8, 4) is 0 Å². The number of nitrogens with zero attached hydrogens (tertiary/aromatic N) is 3. The fraction of sp³-hybridized carbons (Fsp3) is 0.368. The maximum absolute atomic E-state index is 13.9. The number of amides is 2. The molecule has 2 amide bonds. The summed E-state index contributed by atoms with van der Waals surface area (Å²) in [6.45, 7) is 3.39. The lowest BCUT2D eigenvalue weighted by Crippen LogP contribution is -2.59. The number of benzene rings is 1. The van der Waals surface area contributed by atoms with Crippen LogP contribution in [0.3, 0.4) is 0 Å². The van der Waals surface area contributed by atoms with Crippen molar-refractivity contribution in [1.29, 1.82) is 0 Å². The molecule has 0 radical (unpaired) electrons. The van der Waals surface area contributed by atoms with Gasteiger partial charge in [-0.2, -0.15) is 0 Å². The first kappa shape index (κ1) is 17.0. The molecule has 2 aliphatic rings. The number of anilines is 1. The van der Waals surface area contributed by atoms with Gasteiger partial charge in [-0.15, -0.1) is 11.3 Å². The van der Waals surface area contributed by atoms with E-state index in [4.69, 9.17) is 0 Å². The molecule has 0 aliphatic carbocycles. The summed E-state index contributed by atoms with van der Waals surface area (Å²) in [5.41, 5.74) is 0.593. The average molecular weight is 373 g/mol. The number of thiophene rings is 1. The SMILES string of the molecule is O=C(c1cccs1)N1CC(C(=O)N2CCN(c3ccccc3F)CC2)C1. The number of likely N-dealkylation sites (tertiary alicyclic amines) is 1. The molecule has 26 heavy (non-hydrogen) atoms. The summed E-state index contributed by atoms with van der Waals surface area (Å²) in [4.78, 5) is 31.1. The number of carbonyl (C=O) groups is 2. The highest BCUT2D eigenvalue weighted by atomic mass is 32.1. The fourth-order valence-corrected chi connectivity index (χ4v) is 4.18. The Kier molecular flexibility index (Phi) is 4.63. The van der Waals surface area contributed by atoms with Crippen molar-refractivity contribution in [2.24, 2.45) is 5.92 Å². The van der Waals surface area contributed by atoms with Crippen LogP contribution in [-0.4, -0.2) is 60.9 Å². The maximum Gasteiger partial charge on any atom is 0.263 e. The zero-order valence-corrected chi connectivity index (χ0v) is 15.1. The number of para-hydroxylation sites is 1. The van der Waals surface area contributed by atoms with Crippen LogP contribution in [0.4, 0.5) is 10.1 Å². The number of hydrogen-bond acceptors (Lipinski definition) is 4. The lowest BCUT2D eigenvalue weighted by atomic mass is 9.97. The maximum atomic E-state index is 13.9. The number of piperazine rings is 1. The van der Waals surface area contributed by atoms with Crippen LogP contribution in [-0.2, 0) is 4.79 Å². The molecule has 3 heterocycles. The van der Waals surface area contributed by atoms with Crippen molar-refractivity contribution < 1.29 is 14.0 Å². The summed E-state index contributed by atoms with van der Waals surface area (Å²) in [5, 5.41) is 1.88. The first-order chi connectivity index (χ1) is 12.6. The van der Waals surface area contributed by atoms with Crippen LogP contribution in [0, 0.1) is 11.7 Å². The predicted octanol–water partition coefficient (Wildman–Crippen LogP) is 2.31. The molecule has 1 aromatic heterocycles. The second kappa shape index (κ2) is 7.07. The summed E-state index contributed by atoms with van der Waals surface area (Å²) in [6, 6.07) is 10.4. The Bertz CT molecular complexity index is 797. The Labute approximate surface area is 155 Å². The second-order valence-corrected chi connectivity index (χ2v) is 7.60. The van der Waals surface area contributed by atoms with Gasteiger partial charge in [0.1, 0.15) is 5.82 Å². The van der Waals surface area contributed by atoms with Gasteiger partial charge in [-0.25, -0.2) is 4.39 Å². The van der Waals surface area contributed by atoms with Gasteiger partial charge in [0.15, 0.2) is 0 Å². The van der Waals surface area contributed by atoms with Gasteiger partial charge in [0.2, 0.25) is 5.91 Å². The van der Waals surface area contributed by atoms with Gasteiger partial charge < -0.3 is 14.7 Å². The average Bonchev–Trinajstić information content (AvgIpc) is 3.15. The van der Waals surface area contributed by atoms with Gasteiger partial charge in [0.25, 0.3) is 5.91 Å². The molecule has 5 nitrogen and oxygen atoms in total. The van der Waals surface area contributed by atoms with E-state index in [1.54, 1.807) is 17.0 Å². The molecule has 0 unspecified atom stereocenters. The quantitative estimate of drug-likeness (QED) is 0.829. The van der Waals surface area contributed by atoms with Crippen LogP contribution in [0.25, 0.3) is 0 Å². The number of rotatable bonds is 3. The third-order valence-electron chi connectivity index (χ3n) is 5.03. The van der Waals surface area contributed by atoms with Gasteiger partial charge in [-0.3, -0.25) is 9.59 Å². The number of hydrogen-bond donors (Lipinski definition) is 0. The Morgan fingerprint density at radius 2 is 1.69 bits per heavy atom. The summed E-state index contributed by atoms with van der Waals surface area (Å²) in [5.74, 6) is -0.227. The molecule has 1 aromatic carbocycles. The Hall–Kier alpha value is -2.41. The molecule has 0 atom stereocenters. The second-order valence-electron chi connectivity index (χ2n) is 6.65. The van der Waals surface area contributed by atoms with Crippen molar-refractivity contribution in [3.63, 3.8) is 0 Å². The molecule has 0 N–H and O–H groups in total. The highest BCUT2D eigenvalue weighted by Gasteiger charge is 2.39. The van der Waals surface area contributed by atoms with Gasteiger partial charge in [-0.1, -0.05) is 18.2 Å². The molecule has 0 spiro atoms. The summed E-state index contributed by atoms with van der Waals surface area (Å²) >= 11 is 1.42. The molecule has 4 rings (SSSR count). The third-order valence-corrected chi connectivity index (χ3v) is 5.89. The predicted molar refractivity (Wildman–Crippen MR) is 98.9 cm³/mol. The van der Waals surface area contributed by atoms with E-state index in [1.165, 1.54) is 17.4 Å². The van der Waals surface area contributed by atoms with Crippen molar-refractivity contribution in [2.75, 3.05) is 44.2 Å². The molecule has 7 heteroatoms. The van der Waals surface area contributed by atoms with E-state index in [2.05, 4.69) is 0 Å². The minimum absolute atomic E-state index is 0.00780. The van der Waals surface area contributed by atoms with Crippen molar-refractivity contribution in [1.82, 2.24) is 9.80 Å². The van der Waals surface area contributed by atoms with Gasteiger partial charge in [0.05, 0.1) is 16.5 Å². The summed E-state index contributed by atoms with van der Waals surface area (Å²) in [6.07, 6.45) is 0. The summed E-state index contributed by atoms with van der Waals surface area (Å²) in [7, 11) is 0. The molecule has 2 saturated heterocycles. The minimum atomic E-state index is -0.228. The fourth-order valence-electron chi connectivity index (χ4n) is 3.49. The van der Waals surface area contributed by atoms with E-state index in [-0.39, 0.29) is 23.5 Å². The Balaban J connectivity index is 1.28. The van der Waals surface area contributed by atoms with Gasteiger partial charge in [0, 0.05) is 39.3 Å². The monoisotopic (exact) mass is 373 g/mol. The summed E-state index contributed by atoms with van der Waals surface area (Å²) < 4.78 is 13.9. The van der Waals surface area contributed by atoms with Crippen LogP contribution in [0.2, 0.25) is 0 Å².